The van der Waals surface area contributed by atoms with Crippen LogP contribution >= 0.6 is 15.9 Å². The maximum absolute atomic E-state index is 13.0. The van der Waals surface area contributed by atoms with Crippen molar-refractivity contribution < 1.29 is 14.3 Å². The van der Waals surface area contributed by atoms with Crippen LogP contribution in [0.1, 0.15) is 153 Å². The summed E-state index contributed by atoms with van der Waals surface area (Å²) in [6, 6.07) is 15.8. The molecule has 286 valence electrons. The second-order valence-electron chi connectivity index (χ2n) is 18.4. The first-order valence-electron chi connectivity index (χ1n) is 21.4. The number of carbonyl (C=O) groups excluding carboxylic acids is 1. The van der Waals surface area contributed by atoms with Crippen LogP contribution in [-0.4, -0.2) is 23.8 Å². The molecule has 4 fully saturated rings. The summed E-state index contributed by atoms with van der Waals surface area (Å²) in [6.07, 6.45) is 25.1. The van der Waals surface area contributed by atoms with Gasteiger partial charge in [-0.25, -0.2) is 0 Å². The number of rotatable bonds is 17. The van der Waals surface area contributed by atoms with E-state index >= 15 is 0 Å². The summed E-state index contributed by atoms with van der Waals surface area (Å²) >= 11 is 3.49. The van der Waals surface area contributed by atoms with Gasteiger partial charge < -0.3 is 9.47 Å². The van der Waals surface area contributed by atoms with Crippen molar-refractivity contribution >= 4 is 27.8 Å². The number of benzene rings is 2. The van der Waals surface area contributed by atoms with E-state index in [-0.39, 0.29) is 11.9 Å². The predicted octanol–water partition coefficient (Wildman–Crippen LogP) is 13.8. The Morgan fingerprint density at radius 1 is 0.788 bits per heavy atom. The van der Waals surface area contributed by atoms with Crippen LogP contribution in [0.5, 0.6) is 11.5 Å². The molecule has 6 rings (SSSR count). The molecule has 0 amide bonds. The van der Waals surface area contributed by atoms with E-state index in [1.165, 1.54) is 89.9 Å². The number of fused-ring (bicyclic) bond motifs is 5. The van der Waals surface area contributed by atoms with Gasteiger partial charge in [0.1, 0.15) is 11.5 Å². The van der Waals surface area contributed by atoms with Crippen molar-refractivity contribution in [1.29, 1.82) is 0 Å². The lowest BCUT2D eigenvalue weighted by atomic mass is 9.44. The minimum atomic E-state index is 0.0123. The van der Waals surface area contributed by atoms with Gasteiger partial charge in [0.25, 0.3) is 0 Å². The summed E-state index contributed by atoms with van der Waals surface area (Å²) in [6.45, 7) is 13.5. The molecule has 4 heteroatoms. The van der Waals surface area contributed by atoms with Crippen molar-refractivity contribution in [1.82, 2.24) is 0 Å². The van der Waals surface area contributed by atoms with E-state index in [9.17, 15) is 4.79 Å². The molecule has 4 saturated carbocycles. The summed E-state index contributed by atoms with van der Waals surface area (Å²) in [5.74, 6) is 7.99. The molecule has 0 heterocycles. The van der Waals surface area contributed by atoms with Crippen molar-refractivity contribution in [3.63, 3.8) is 0 Å². The Kier molecular flexibility index (Phi) is 13.7. The van der Waals surface area contributed by atoms with Gasteiger partial charge in [-0.2, -0.15) is 0 Å². The Balaban J connectivity index is 0.969. The third-order valence-electron chi connectivity index (χ3n) is 14.9. The van der Waals surface area contributed by atoms with Gasteiger partial charge in [0, 0.05) is 10.9 Å². The number of hydrogen-bond donors (Lipinski definition) is 0. The highest BCUT2D eigenvalue weighted by Gasteiger charge is 2.60. The molecular formula is C48H69BrO3. The lowest BCUT2D eigenvalue weighted by molar-refractivity contribution is -0.126. The van der Waals surface area contributed by atoms with Crippen LogP contribution in [0, 0.1) is 52.3 Å². The monoisotopic (exact) mass is 772 g/mol. The number of unbranched alkanes of at least 4 members (excludes halogenated alkanes) is 3. The maximum atomic E-state index is 13.0. The summed E-state index contributed by atoms with van der Waals surface area (Å²) in [7, 11) is 0. The molecule has 0 aliphatic heterocycles. The first-order valence-corrected chi connectivity index (χ1v) is 22.5. The highest BCUT2D eigenvalue weighted by Crippen LogP contribution is 2.68. The highest BCUT2D eigenvalue weighted by molar-refractivity contribution is 9.09. The fraction of sp³-hybridized carbons (Fsp3) is 0.688. The third-order valence-corrected chi connectivity index (χ3v) is 15.4. The van der Waals surface area contributed by atoms with Crippen molar-refractivity contribution in [3.8, 4) is 11.5 Å². The molecule has 0 saturated heterocycles. The SMILES string of the molecule is CC(C)CCC[C@@H](C)[C@H]1CC[C@H]2[C@@H]3CCC4CC(Oc5ccc(C(=O)C=Cc6ccc(OCCCCCCBr)cc6)cc5)CC[C@]4(C)[C@H]3CC[C@]12C. The van der Waals surface area contributed by atoms with Crippen LogP contribution in [-0.2, 0) is 0 Å². The summed E-state index contributed by atoms with van der Waals surface area (Å²) in [5, 5.41) is 1.07. The van der Waals surface area contributed by atoms with Crippen LogP contribution in [0.3, 0.4) is 0 Å². The van der Waals surface area contributed by atoms with Crippen LogP contribution in [0.15, 0.2) is 54.6 Å². The summed E-state index contributed by atoms with van der Waals surface area (Å²) in [4.78, 5) is 13.0. The smallest absolute Gasteiger partial charge is 0.185 e. The van der Waals surface area contributed by atoms with Gasteiger partial charge >= 0.3 is 0 Å². The molecule has 3 nitrogen and oxygen atoms in total. The molecule has 0 aromatic heterocycles. The molecular weight excluding hydrogens is 704 g/mol. The van der Waals surface area contributed by atoms with E-state index in [1.807, 2.05) is 54.6 Å². The highest BCUT2D eigenvalue weighted by atomic mass is 79.9. The maximum Gasteiger partial charge on any atom is 0.185 e. The standard InChI is InChI=1S/C48H69BrO3/c1-34(2)11-10-12-35(3)43-24-25-44-42-23-18-38-33-41(27-29-47(38,4)45(42)28-30-48(43,44)5)52-40-21-16-37(17-22-40)46(50)26-15-36-13-19-39(20-14-36)51-32-9-7-6-8-31-49/h13-17,19-22,26,34-35,38,41-45H,6-12,18,23-25,27-33H2,1-5H3/t35-,38?,41?,42+,43-,44+,45+,47+,48-/m1/s1. The van der Waals surface area contributed by atoms with Crippen molar-refractivity contribution in [2.75, 3.05) is 11.9 Å². The number of hydrogen-bond acceptors (Lipinski definition) is 3. The Bertz CT molecular complexity index is 1450. The van der Waals surface area contributed by atoms with Crippen molar-refractivity contribution in [3.05, 3.63) is 65.7 Å². The van der Waals surface area contributed by atoms with E-state index in [1.54, 1.807) is 6.08 Å². The lowest BCUT2D eigenvalue weighted by Gasteiger charge is -2.61. The number of carbonyl (C=O) groups is 1. The molecule has 52 heavy (non-hydrogen) atoms. The second-order valence-corrected chi connectivity index (χ2v) is 19.2. The number of ether oxygens (including phenoxy) is 2. The topological polar surface area (TPSA) is 35.5 Å². The largest absolute Gasteiger partial charge is 0.494 e. The number of halogens is 1. The van der Waals surface area contributed by atoms with Gasteiger partial charge in [-0.15, -0.1) is 0 Å². The van der Waals surface area contributed by atoms with Crippen molar-refractivity contribution in [2.24, 2.45) is 52.3 Å². The molecule has 4 aliphatic rings. The van der Waals surface area contributed by atoms with Crippen LogP contribution < -0.4 is 9.47 Å². The lowest BCUT2D eigenvalue weighted by Crippen LogP contribution is -2.54. The number of ketones is 1. The van der Waals surface area contributed by atoms with Gasteiger partial charge in [0.15, 0.2) is 5.78 Å². The number of allylic oxidation sites excluding steroid dienone is 1. The normalized spacial score (nSPS) is 31.9. The first kappa shape index (κ1) is 39.6. The Morgan fingerprint density at radius 2 is 1.50 bits per heavy atom. The second kappa shape index (κ2) is 18.0. The van der Waals surface area contributed by atoms with Crippen LogP contribution in [0.25, 0.3) is 6.08 Å². The minimum Gasteiger partial charge on any atom is -0.494 e. The Hall–Kier alpha value is -2.07. The van der Waals surface area contributed by atoms with E-state index in [2.05, 4.69) is 50.5 Å². The minimum absolute atomic E-state index is 0.0123. The molecule has 9 atom stereocenters. The Labute approximate surface area is 325 Å². The predicted molar refractivity (Wildman–Crippen MR) is 221 cm³/mol. The fourth-order valence-corrected chi connectivity index (χ4v) is 12.3. The third kappa shape index (κ3) is 9.23. The first-order chi connectivity index (χ1) is 25.1. The van der Waals surface area contributed by atoms with E-state index < -0.39 is 0 Å². The molecule has 2 aromatic carbocycles. The van der Waals surface area contributed by atoms with E-state index in [0.29, 0.717) is 16.4 Å². The molecule has 0 radical (unpaired) electrons. The van der Waals surface area contributed by atoms with Gasteiger partial charge in [-0.3, -0.25) is 4.79 Å². The quantitative estimate of drug-likeness (QED) is 0.0695. The van der Waals surface area contributed by atoms with Gasteiger partial charge in [0.05, 0.1) is 12.7 Å². The van der Waals surface area contributed by atoms with E-state index in [4.69, 9.17) is 9.47 Å². The van der Waals surface area contributed by atoms with Gasteiger partial charge in [0.2, 0.25) is 0 Å². The fourth-order valence-electron chi connectivity index (χ4n) is 11.9. The van der Waals surface area contributed by atoms with Crippen LogP contribution in [0.4, 0.5) is 0 Å². The summed E-state index contributed by atoms with van der Waals surface area (Å²) < 4.78 is 12.5. The Morgan fingerprint density at radius 3 is 2.25 bits per heavy atom. The number of alkyl halides is 1. The molecule has 0 spiro atoms. The summed E-state index contributed by atoms with van der Waals surface area (Å²) in [5.41, 5.74) is 2.72. The zero-order valence-electron chi connectivity index (χ0n) is 33.2. The zero-order chi connectivity index (χ0) is 36.7. The van der Waals surface area contributed by atoms with Gasteiger partial charge in [-0.05, 0) is 171 Å². The molecule has 0 N–H and O–H groups in total. The van der Waals surface area contributed by atoms with Crippen molar-refractivity contribution in [2.45, 2.75) is 143 Å². The molecule has 2 unspecified atom stereocenters. The molecule has 0 bridgehead atoms. The van der Waals surface area contributed by atoms with E-state index in [0.717, 1.165) is 83.3 Å². The van der Waals surface area contributed by atoms with Crippen LogP contribution in [0.2, 0.25) is 0 Å². The molecule has 2 aromatic rings. The van der Waals surface area contributed by atoms with Gasteiger partial charge in [-0.1, -0.05) is 101 Å². The average Bonchev–Trinajstić information content (AvgIpc) is 3.50. The zero-order valence-corrected chi connectivity index (χ0v) is 34.8. The molecule has 4 aliphatic carbocycles. The average molecular weight is 774 g/mol.